The van der Waals surface area contributed by atoms with Gasteiger partial charge in [-0.3, -0.25) is 15.0 Å². The number of carbonyl (C=O) groups excluding carboxylic acids is 1. The van der Waals surface area contributed by atoms with E-state index in [1.54, 1.807) is 12.4 Å². The summed E-state index contributed by atoms with van der Waals surface area (Å²) >= 11 is 0. The van der Waals surface area contributed by atoms with Crippen molar-refractivity contribution in [2.24, 2.45) is 4.99 Å². The fraction of sp³-hybridized carbons (Fsp3) is 0.235. The van der Waals surface area contributed by atoms with Crippen molar-refractivity contribution < 1.29 is 10.0 Å². The van der Waals surface area contributed by atoms with E-state index in [1.165, 1.54) is 12.3 Å². The van der Waals surface area contributed by atoms with E-state index in [0.29, 0.717) is 22.9 Å². The first-order valence-corrected chi connectivity index (χ1v) is 7.29. The lowest BCUT2D eigenvalue weighted by Gasteiger charge is -2.26. The highest BCUT2D eigenvalue weighted by Gasteiger charge is 2.28. The van der Waals surface area contributed by atoms with Crippen LogP contribution in [0.15, 0.2) is 65.2 Å². The molecule has 0 atom stereocenters. The highest BCUT2D eigenvalue weighted by Crippen LogP contribution is 2.21. The third-order valence-electron chi connectivity index (χ3n) is 3.36. The van der Waals surface area contributed by atoms with E-state index in [9.17, 15) is 10.0 Å². The van der Waals surface area contributed by atoms with Gasteiger partial charge in [0.15, 0.2) is 5.84 Å². The van der Waals surface area contributed by atoms with Gasteiger partial charge in [0.1, 0.15) is 0 Å². The Morgan fingerprint density at radius 2 is 2.13 bits per heavy atom. The molecule has 0 unspecified atom stereocenters. The Hall–Kier alpha value is -2.73. The van der Waals surface area contributed by atoms with Crippen LogP contribution in [0.1, 0.15) is 19.4 Å². The lowest BCUT2D eigenvalue weighted by Crippen LogP contribution is -2.41. The van der Waals surface area contributed by atoms with Gasteiger partial charge in [-0.2, -0.15) is 5.06 Å². The standard InChI is InChI=1S/C17H20N4O2/c1-4-19-17-16(12(2)3)14(11-15(22)21(17)23)20-10-7-13-5-8-18-9-6-13/h4-6,8-9,11,20,23H,1,7,10H2,2-3H3. The summed E-state index contributed by atoms with van der Waals surface area (Å²) in [5, 5.41) is 13.7. The van der Waals surface area contributed by atoms with Gasteiger partial charge in [-0.05, 0) is 38.0 Å². The van der Waals surface area contributed by atoms with E-state index < -0.39 is 5.91 Å². The minimum atomic E-state index is -0.540. The highest BCUT2D eigenvalue weighted by molar-refractivity contribution is 6.16. The molecule has 0 fully saturated rings. The lowest BCUT2D eigenvalue weighted by atomic mass is 10.0. The van der Waals surface area contributed by atoms with Crippen molar-refractivity contribution >= 4 is 11.7 Å². The van der Waals surface area contributed by atoms with Gasteiger partial charge in [0, 0.05) is 36.8 Å². The molecule has 1 amide bonds. The van der Waals surface area contributed by atoms with E-state index in [-0.39, 0.29) is 5.84 Å². The van der Waals surface area contributed by atoms with Crippen molar-refractivity contribution in [2.45, 2.75) is 20.3 Å². The summed E-state index contributed by atoms with van der Waals surface area (Å²) in [6, 6.07) is 3.90. The largest absolute Gasteiger partial charge is 0.384 e. The average molecular weight is 312 g/mol. The Bertz CT molecular complexity index is 686. The lowest BCUT2D eigenvalue weighted by molar-refractivity contribution is -0.143. The molecule has 0 bridgehead atoms. The Balaban J connectivity index is 2.20. The number of hydrogen-bond acceptors (Lipinski definition) is 5. The zero-order valence-electron chi connectivity index (χ0n) is 13.3. The van der Waals surface area contributed by atoms with E-state index in [1.807, 2.05) is 26.0 Å². The molecule has 2 N–H and O–H groups in total. The molecule has 0 saturated carbocycles. The highest BCUT2D eigenvalue weighted by atomic mass is 16.5. The second-order valence-electron chi connectivity index (χ2n) is 5.25. The minimum Gasteiger partial charge on any atom is -0.384 e. The van der Waals surface area contributed by atoms with Crippen LogP contribution in [0.4, 0.5) is 0 Å². The van der Waals surface area contributed by atoms with Crippen LogP contribution in [0.3, 0.4) is 0 Å². The first-order chi connectivity index (χ1) is 11.0. The second kappa shape index (κ2) is 7.51. The van der Waals surface area contributed by atoms with Gasteiger partial charge in [-0.25, -0.2) is 4.99 Å². The number of carbonyl (C=O) groups is 1. The molecule has 0 radical (unpaired) electrons. The SMILES string of the molecule is C=CN=C1C(=C(C)C)C(NCCc2ccncc2)=CC(=O)N1O. The van der Waals surface area contributed by atoms with E-state index in [2.05, 4.69) is 21.9 Å². The Morgan fingerprint density at radius 1 is 1.43 bits per heavy atom. The summed E-state index contributed by atoms with van der Waals surface area (Å²) in [6.45, 7) is 7.97. The first kappa shape index (κ1) is 16.6. The molecule has 0 aromatic carbocycles. The minimum absolute atomic E-state index is 0.180. The molecule has 2 heterocycles. The number of hydrogen-bond donors (Lipinski definition) is 2. The Labute approximate surface area is 135 Å². The summed E-state index contributed by atoms with van der Waals surface area (Å²) in [5.74, 6) is -0.360. The summed E-state index contributed by atoms with van der Waals surface area (Å²) in [7, 11) is 0. The van der Waals surface area contributed by atoms with Gasteiger partial charge in [0.2, 0.25) is 0 Å². The maximum absolute atomic E-state index is 11.9. The predicted molar refractivity (Wildman–Crippen MR) is 88.7 cm³/mol. The molecule has 1 aliphatic heterocycles. The van der Waals surface area contributed by atoms with Crippen LogP contribution in [0, 0.1) is 0 Å². The molecule has 2 rings (SSSR count). The average Bonchev–Trinajstić information content (AvgIpc) is 2.53. The van der Waals surface area contributed by atoms with Crippen molar-refractivity contribution in [3.63, 3.8) is 0 Å². The van der Waals surface area contributed by atoms with Gasteiger partial charge in [0.25, 0.3) is 5.91 Å². The van der Waals surface area contributed by atoms with Gasteiger partial charge in [0.05, 0.1) is 5.70 Å². The van der Waals surface area contributed by atoms with Gasteiger partial charge < -0.3 is 5.32 Å². The molecule has 1 aromatic rings. The molecular formula is C17H20N4O2. The van der Waals surface area contributed by atoms with Crippen molar-refractivity contribution in [2.75, 3.05) is 6.54 Å². The summed E-state index contributed by atoms with van der Waals surface area (Å²) in [4.78, 5) is 19.9. The number of rotatable bonds is 5. The number of amides is 1. The molecule has 1 aliphatic rings. The topological polar surface area (TPSA) is 77.8 Å². The van der Waals surface area contributed by atoms with E-state index in [4.69, 9.17) is 0 Å². The Kier molecular flexibility index (Phi) is 5.43. The van der Waals surface area contributed by atoms with Gasteiger partial charge in [-0.1, -0.05) is 12.2 Å². The van der Waals surface area contributed by atoms with Crippen LogP contribution in [-0.2, 0) is 11.2 Å². The maximum atomic E-state index is 11.9. The fourth-order valence-electron chi connectivity index (χ4n) is 2.32. The summed E-state index contributed by atoms with van der Waals surface area (Å²) < 4.78 is 0. The number of pyridine rings is 1. The van der Waals surface area contributed by atoms with Crippen LogP contribution in [0.2, 0.25) is 0 Å². The normalized spacial score (nSPS) is 16.4. The number of nitrogens with one attached hydrogen (secondary N) is 1. The second-order valence-corrected chi connectivity index (χ2v) is 5.25. The number of amidine groups is 1. The van der Waals surface area contributed by atoms with Crippen LogP contribution in [0.25, 0.3) is 0 Å². The van der Waals surface area contributed by atoms with Crippen molar-refractivity contribution in [3.8, 4) is 0 Å². The zero-order chi connectivity index (χ0) is 16.8. The van der Waals surface area contributed by atoms with E-state index >= 15 is 0 Å². The molecule has 23 heavy (non-hydrogen) atoms. The molecule has 0 saturated heterocycles. The maximum Gasteiger partial charge on any atom is 0.278 e. The number of nitrogens with zero attached hydrogens (tertiary/aromatic N) is 3. The van der Waals surface area contributed by atoms with Crippen molar-refractivity contribution in [1.29, 1.82) is 0 Å². The smallest absolute Gasteiger partial charge is 0.278 e. The summed E-state index contributed by atoms with van der Waals surface area (Å²) in [6.07, 6.45) is 6.96. The Morgan fingerprint density at radius 3 is 2.74 bits per heavy atom. The summed E-state index contributed by atoms with van der Waals surface area (Å²) in [5.41, 5.74) is 3.43. The number of hydroxylamine groups is 2. The zero-order valence-corrected chi connectivity index (χ0v) is 13.3. The number of aliphatic imine (C=N–C) groups is 1. The van der Waals surface area contributed by atoms with Crippen molar-refractivity contribution in [3.05, 3.63) is 65.8 Å². The molecule has 120 valence electrons. The van der Waals surface area contributed by atoms with Crippen LogP contribution >= 0.6 is 0 Å². The van der Waals surface area contributed by atoms with Gasteiger partial charge in [-0.15, -0.1) is 0 Å². The molecule has 0 aliphatic carbocycles. The monoisotopic (exact) mass is 312 g/mol. The van der Waals surface area contributed by atoms with Crippen LogP contribution < -0.4 is 5.32 Å². The number of allylic oxidation sites excluding steroid dienone is 1. The first-order valence-electron chi connectivity index (χ1n) is 7.29. The third kappa shape index (κ3) is 3.92. The van der Waals surface area contributed by atoms with Gasteiger partial charge >= 0.3 is 0 Å². The fourth-order valence-corrected chi connectivity index (χ4v) is 2.32. The number of aromatic nitrogens is 1. The molecule has 1 aromatic heterocycles. The molecular weight excluding hydrogens is 292 g/mol. The predicted octanol–water partition coefficient (Wildman–Crippen LogP) is 2.21. The van der Waals surface area contributed by atoms with Crippen LogP contribution in [-0.4, -0.2) is 33.5 Å². The van der Waals surface area contributed by atoms with E-state index in [0.717, 1.165) is 17.6 Å². The molecule has 6 heteroatoms. The van der Waals surface area contributed by atoms with Crippen molar-refractivity contribution in [1.82, 2.24) is 15.4 Å². The quantitative estimate of drug-likeness (QED) is 0.817. The molecule has 6 nitrogen and oxygen atoms in total. The third-order valence-corrected chi connectivity index (χ3v) is 3.36. The molecule has 0 spiro atoms. The van der Waals surface area contributed by atoms with Crippen LogP contribution in [0.5, 0.6) is 0 Å².